The van der Waals surface area contributed by atoms with Crippen LogP contribution in [0.1, 0.15) is 13.8 Å². The SMILES string of the molecule is CC(C)COCCn1c(N)nc2ccc(F)cc21. The van der Waals surface area contributed by atoms with Crippen LogP contribution in [0.15, 0.2) is 18.2 Å². The smallest absolute Gasteiger partial charge is 0.201 e. The second-order valence-electron chi connectivity index (χ2n) is 4.72. The predicted molar refractivity (Wildman–Crippen MR) is 69.8 cm³/mol. The molecule has 5 heteroatoms. The number of nitrogens with two attached hydrogens (primary N) is 1. The first kappa shape index (κ1) is 12.8. The summed E-state index contributed by atoms with van der Waals surface area (Å²) in [7, 11) is 0. The molecule has 1 heterocycles. The molecular formula is C13H18FN3O. The highest BCUT2D eigenvalue weighted by Crippen LogP contribution is 2.18. The minimum atomic E-state index is -0.285. The molecule has 98 valence electrons. The van der Waals surface area contributed by atoms with Crippen molar-refractivity contribution in [3.05, 3.63) is 24.0 Å². The minimum absolute atomic E-state index is 0.285. The van der Waals surface area contributed by atoms with Gasteiger partial charge in [0.05, 0.1) is 17.6 Å². The standard InChI is InChI=1S/C13H18FN3O/c1-9(2)8-18-6-5-17-12-7-10(14)3-4-11(12)16-13(17)15/h3-4,7,9H,5-6,8H2,1-2H3,(H2,15,16). The topological polar surface area (TPSA) is 53.1 Å². The maximum atomic E-state index is 13.2. The van der Waals surface area contributed by atoms with E-state index >= 15 is 0 Å². The van der Waals surface area contributed by atoms with Crippen LogP contribution in [0.25, 0.3) is 11.0 Å². The highest BCUT2D eigenvalue weighted by Gasteiger charge is 2.08. The molecule has 4 nitrogen and oxygen atoms in total. The predicted octanol–water partition coefficient (Wildman–Crippen LogP) is 2.43. The van der Waals surface area contributed by atoms with Crippen molar-refractivity contribution in [2.24, 2.45) is 5.92 Å². The molecule has 0 amide bonds. The van der Waals surface area contributed by atoms with Gasteiger partial charge in [-0.3, -0.25) is 0 Å². The monoisotopic (exact) mass is 251 g/mol. The van der Waals surface area contributed by atoms with Crippen molar-refractivity contribution in [2.45, 2.75) is 20.4 Å². The molecule has 0 unspecified atom stereocenters. The number of halogens is 1. The Morgan fingerprint density at radius 1 is 1.44 bits per heavy atom. The van der Waals surface area contributed by atoms with Gasteiger partial charge in [0.15, 0.2) is 0 Å². The zero-order chi connectivity index (χ0) is 13.1. The van der Waals surface area contributed by atoms with E-state index in [-0.39, 0.29) is 5.82 Å². The molecule has 0 bridgehead atoms. The van der Waals surface area contributed by atoms with E-state index in [9.17, 15) is 4.39 Å². The van der Waals surface area contributed by atoms with E-state index in [1.807, 2.05) is 0 Å². The Labute approximate surface area is 106 Å². The van der Waals surface area contributed by atoms with E-state index in [1.54, 1.807) is 10.6 Å². The van der Waals surface area contributed by atoms with Crippen molar-refractivity contribution in [1.82, 2.24) is 9.55 Å². The maximum Gasteiger partial charge on any atom is 0.201 e. The number of nitrogens with zero attached hydrogens (tertiary/aromatic N) is 2. The van der Waals surface area contributed by atoms with Crippen molar-refractivity contribution in [1.29, 1.82) is 0 Å². The quantitative estimate of drug-likeness (QED) is 0.830. The Kier molecular flexibility index (Phi) is 3.81. The van der Waals surface area contributed by atoms with Gasteiger partial charge in [0.2, 0.25) is 5.95 Å². The van der Waals surface area contributed by atoms with Crippen LogP contribution in [0.2, 0.25) is 0 Å². The Morgan fingerprint density at radius 3 is 2.94 bits per heavy atom. The largest absolute Gasteiger partial charge is 0.379 e. The zero-order valence-corrected chi connectivity index (χ0v) is 10.7. The lowest BCUT2D eigenvalue weighted by Crippen LogP contribution is -2.11. The van der Waals surface area contributed by atoms with Gasteiger partial charge in [0, 0.05) is 13.2 Å². The first-order valence-electron chi connectivity index (χ1n) is 6.07. The van der Waals surface area contributed by atoms with Crippen molar-refractivity contribution >= 4 is 17.0 Å². The van der Waals surface area contributed by atoms with Gasteiger partial charge >= 0.3 is 0 Å². The molecule has 0 aliphatic heterocycles. The Balaban J connectivity index is 2.12. The van der Waals surface area contributed by atoms with Gasteiger partial charge in [-0.05, 0) is 24.1 Å². The molecule has 0 aliphatic rings. The normalized spacial score (nSPS) is 11.6. The summed E-state index contributed by atoms with van der Waals surface area (Å²) in [4.78, 5) is 4.19. The van der Waals surface area contributed by atoms with Crippen molar-refractivity contribution in [3.63, 3.8) is 0 Å². The third-order valence-corrected chi connectivity index (χ3v) is 2.65. The van der Waals surface area contributed by atoms with E-state index in [2.05, 4.69) is 18.8 Å². The molecule has 0 fully saturated rings. The molecule has 18 heavy (non-hydrogen) atoms. The summed E-state index contributed by atoms with van der Waals surface area (Å²) < 4.78 is 20.5. The first-order chi connectivity index (χ1) is 8.58. The second-order valence-corrected chi connectivity index (χ2v) is 4.72. The third kappa shape index (κ3) is 2.79. The first-order valence-corrected chi connectivity index (χ1v) is 6.07. The van der Waals surface area contributed by atoms with Gasteiger partial charge in [0.1, 0.15) is 5.82 Å². The second kappa shape index (κ2) is 5.35. The number of aromatic nitrogens is 2. The van der Waals surface area contributed by atoms with E-state index in [0.29, 0.717) is 42.7 Å². The van der Waals surface area contributed by atoms with Crippen LogP contribution in [0, 0.1) is 11.7 Å². The molecule has 0 radical (unpaired) electrons. The average Bonchev–Trinajstić information content (AvgIpc) is 2.60. The summed E-state index contributed by atoms with van der Waals surface area (Å²) in [5, 5.41) is 0. The van der Waals surface area contributed by atoms with E-state index < -0.39 is 0 Å². The van der Waals surface area contributed by atoms with Gasteiger partial charge < -0.3 is 15.0 Å². The van der Waals surface area contributed by atoms with Gasteiger partial charge in [0.25, 0.3) is 0 Å². The summed E-state index contributed by atoms with van der Waals surface area (Å²) in [6.07, 6.45) is 0. The Morgan fingerprint density at radius 2 is 2.22 bits per heavy atom. The van der Waals surface area contributed by atoms with Crippen LogP contribution >= 0.6 is 0 Å². The fourth-order valence-corrected chi connectivity index (χ4v) is 1.82. The Hall–Kier alpha value is -1.62. The van der Waals surface area contributed by atoms with Gasteiger partial charge in [-0.15, -0.1) is 0 Å². The van der Waals surface area contributed by atoms with Crippen molar-refractivity contribution in [2.75, 3.05) is 18.9 Å². The van der Waals surface area contributed by atoms with Crippen LogP contribution in [-0.4, -0.2) is 22.8 Å². The molecule has 1 aromatic carbocycles. The summed E-state index contributed by atoms with van der Waals surface area (Å²) >= 11 is 0. The van der Waals surface area contributed by atoms with Gasteiger partial charge in [-0.1, -0.05) is 13.8 Å². The van der Waals surface area contributed by atoms with Crippen LogP contribution in [0.4, 0.5) is 10.3 Å². The van der Waals surface area contributed by atoms with Crippen LogP contribution < -0.4 is 5.73 Å². The number of nitrogen functional groups attached to an aromatic ring is 1. The molecule has 2 N–H and O–H groups in total. The number of hydrogen-bond acceptors (Lipinski definition) is 3. The lowest BCUT2D eigenvalue weighted by Gasteiger charge is -2.09. The number of fused-ring (bicyclic) bond motifs is 1. The molecule has 2 rings (SSSR count). The lowest BCUT2D eigenvalue weighted by molar-refractivity contribution is 0.104. The summed E-state index contributed by atoms with van der Waals surface area (Å²) in [5.41, 5.74) is 7.23. The lowest BCUT2D eigenvalue weighted by atomic mass is 10.2. The number of anilines is 1. The Bertz CT molecular complexity index is 536. The number of ether oxygens (including phenoxy) is 1. The molecular weight excluding hydrogens is 233 g/mol. The maximum absolute atomic E-state index is 13.2. The third-order valence-electron chi connectivity index (χ3n) is 2.65. The fraction of sp³-hybridized carbons (Fsp3) is 0.462. The number of rotatable bonds is 5. The molecule has 0 atom stereocenters. The summed E-state index contributed by atoms with van der Waals surface area (Å²) in [6, 6.07) is 4.46. The molecule has 0 spiro atoms. The van der Waals surface area contributed by atoms with E-state index in [1.165, 1.54) is 12.1 Å². The molecule has 1 aromatic heterocycles. The van der Waals surface area contributed by atoms with Gasteiger partial charge in [-0.2, -0.15) is 0 Å². The molecule has 0 saturated heterocycles. The highest BCUT2D eigenvalue weighted by atomic mass is 19.1. The summed E-state index contributed by atoms with van der Waals surface area (Å²) in [5.74, 6) is 0.606. The van der Waals surface area contributed by atoms with Crippen LogP contribution in [-0.2, 0) is 11.3 Å². The zero-order valence-electron chi connectivity index (χ0n) is 10.7. The highest BCUT2D eigenvalue weighted by molar-refractivity contribution is 5.78. The number of hydrogen-bond donors (Lipinski definition) is 1. The fourth-order valence-electron chi connectivity index (χ4n) is 1.82. The van der Waals surface area contributed by atoms with Crippen LogP contribution in [0.5, 0.6) is 0 Å². The van der Waals surface area contributed by atoms with Crippen molar-refractivity contribution in [3.8, 4) is 0 Å². The number of imidazole rings is 1. The van der Waals surface area contributed by atoms with Crippen LogP contribution in [0.3, 0.4) is 0 Å². The summed E-state index contributed by atoms with van der Waals surface area (Å²) in [6.45, 7) is 6.02. The van der Waals surface area contributed by atoms with Crippen molar-refractivity contribution < 1.29 is 9.13 Å². The van der Waals surface area contributed by atoms with E-state index in [4.69, 9.17) is 10.5 Å². The minimum Gasteiger partial charge on any atom is -0.379 e. The average molecular weight is 251 g/mol. The molecule has 2 aromatic rings. The van der Waals surface area contributed by atoms with E-state index in [0.717, 1.165) is 0 Å². The van der Waals surface area contributed by atoms with Gasteiger partial charge in [-0.25, -0.2) is 9.37 Å². The molecule has 0 aliphatic carbocycles. The molecule has 0 saturated carbocycles. The number of benzene rings is 1.